The molecule has 0 fully saturated rings. The van der Waals surface area contributed by atoms with Crippen molar-refractivity contribution in [1.29, 1.82) is 0 Å². The van der Waals surface area contributed by atoms with Crippen LogP contribution in [0, 0.1) is 13.8 Å². The number of hydrogen-bond acceptors (Lipinski definition) is 5. The van der Waals surface area contributed by atoms with Crippen molar-refractivity contribution in [2.24, 2.45) is 0 Å². The van der Waals surface area contributed by atoms with Gasteiger partial charge in [-0.15, -0.1) is 0 Å². The van der Waals surface area contributed by atoms with Gasteiger partial charge < -0.3 is 9.15 Å². The van der Waals surface area contributed by atoms with Gasteiger partial charge in [0.2, 0.25) is 0 Å². The van der Waals surface area contributed by atoms with Crippen molar-refractivity contribution >= 4 is 38.1 Å². The Hall–Kier alpha value is -2.47. The van der Waals surface area contributed by atoms with E-state index >= 15 is 0 Å². The van der Waals surface area contributed by atoms with Crippen LogP contribution in [-0.4, -0.2) is 22.1 Å². The van der Waals surface area contributed by atoms with Gasteiger partial charge in [-0.05, 0) is 31.2 Å². The first-order valence-electron chi connectivity index (χ1n) is 7.44. The third-order valence-corrected chi connectivity index (χ3v) is 4.45. The maximum Gasteiger partial charge on any atom is 0.192 e. The lowest BCUT2D eigenvalue weighted by Gasteiger charge is -2.11. The molecule has 0 N–H and O–H groups in total. The quantitative estimate of drug-likeness (QED) is 0.496. The topological polar surface area (TPSA) is 61.0 Å². The third kappa shape index (κ3) is 2.34. The molecule has 0 spiro atoms. The molecule has 0 aliphatic rings. The van der Waals surface area contributed by atoms with E-state index in [4.69, 9.17) is 14.1 Å². The monoisotopic (exact) mass is 383 g/mol. The molecule has 0 unspecified atom stereocenters. The van der Waals surface area contributed by atoms with Crippen LogP contribution in [0.25, 0.3) is 33.4 Å². The fourth-order valence-corrected chi connectivity index (χ4v) is 3.23. The van der Waals surface area contributed by atoms with E-state index < -0.39 is 0 Å². The van der Waals surface area contributed by atoms with E-state index in [1.807, 2.05) is 38.1 Å². The summed E-state index contributed by atoms with van der Waals surface area (Å²) >= 11 is 3.45. The van der Waals surface area contributed by atoms with Crippen molar-refractivity contribution in [3.63, 3.8) is 0 Å². The summed E-state index contributed by atoms with van der Waals surface area (Å²) in [4.78, 5) is 13.7. The Labute approximate surface area is 146 Å². The van der Waals surface area contributed by atoms with E-state index in [-0.39, 0.29) is 0 Å². The van der Waals surface area contributed by atoms with Crippen molar-refractivity contribution < 1.29 is 9.15 Å². The van der Waals surface area contributed by atoms with Gasteiger partial charge in [-0.1, -0.05) is 15.9 Å². The molecule has 0 saturated carbocycles. The summed E-state index contributed by atoms with van der Waals surface area (Å²) in [5.74, 6) is 1.36. The maximum atomic E-state index is 5.69. The molecule has 0 atom stereocenters. The Morgan fingerprint density at radius 2 is 1.92 bits per heavy atom. The SMILES string of the molecule is COc1c(-c2cnc3cc(Br)ccc3n2)cc2oc(C)nc2c1C. The molecule has 0 bridgehead atoms. The number of benzene rings is 2. The van der Waals surface area contributed by atoms with Crippen molar-refractivity contribution in [3.8, 4) is 17.0 Å². The summed E-state index contributed by atoms with van der Waals surface area (Å²) < 4.78 is 12.3. The highest BCUT2D eigenvalue weighted by Gasteiger charge is 2.18. The number of rotatable bonds is 2. The first kappa shape index (κ1) is 15.1. The van der Waals surface area contributed by atoms with Crippen LogP contribution in [-0.2, 0) is 0 Å². The van der Waals surface area contributed by atoms with Gasteiger partial charge in [0.1, 0.15) is 11.3 Å². The maximum absolute atomic E-state index is 5.69. The van der Waals surface area contributed by atoms with Crippen molar-refractivity contribution in [3.05, 3.63) is 46.4 Å². The standard InChI is InChI=1S/C18H14BrN3O2/c1-9-17-16(24-10(2)21-17)7-12(18(9)23-3)15-8-20-14-6-11(19)4-5-13(14)22-15/h4-8H,1-3H3. The molecular weight excluding hydrogens is 370 g/mol. The summed E-state index contributed by atoms with van der Waals surface area (Å²) in [6, 6.07) is 7.74. The van der Waals surface area contributed by atoms with E-state index in [9.17, 15) is 0 Å². The molecule has 2 heterocycles. The van der Waals surface area contributed by atoms with E-state index in [0.29, 0.717) is 5.89 Å². The molecule has 0 saturated heterocycles. The average Bonchev–Trinajstić information content (AvgIpc) is 2.95. The second kappa shape index (κ2) is 5.56. The average molecular weight is 384 g/mol. The molecule has 4 rings (SSSR count). The lowest BCUT2D eigenvalue weighted by molar-refractivity contribution is 0.414. The summed E-state index contributed by atoms with van der Waals surface area (Å²) in [6.45, 7) is 3.80. The minimum absolute atomic E-state index is 0.627. The van der Waals surface area contributed by atoms with E-state index in [2.05, 4.69) is 25.9 Å². The molecule has 24 heavy (non-hydrogen) atoms. The van der Waals surface area contributed by atoms with Gasteiger partial charge >= 0.3 is 0 Å². The van der Waals surface area contributed by atoms with Gasteiger partial charge in [-0.3, -0.25) is 4.98 Å². The van der Waals surface area contributed by atoms with Crippen LogP contribution in [0.1, 0.15) is 11.5 Å². The minimum atomic E-state index is 0.627. The predicted octanol–water partition coefficient (Wildman–Crippen LogP) is 4.83. The first-order valence-corrected chi connectivity index (χ1v) is 8.23. The second-order valence-corrected chi connectivity index (χ2v) is 6.47. The summed E-state index contributed by atoms with van der Waals surface area (Å²) in [6.07, 6.45) is 1.75. The molecule has 4 aromatic rings. The first-order chi connectivity index (χ1) is 11.6. The van der Waals surface area contributed by atoms with Crippen LogP contribution < -0.4 is 4.74 Å². The van der Waals surface area contributed by atoms with Crippen LogP contribution in [0.5, 0.6) is 5.75 Å². The number of halogens is 1. The number of aryl methyl sites for hydroxylation is 2. The lowest BCUT2D eigenvalue weighted by Crippen LogP contribution is -1.95. The number of ether oxygens (including phenoxy) is 1. The Morgan fingerprint density at radius 3 is 2.71 bits per heavy atom. The molecule has 2 aromatic heterocycles. The van der Waals surface area contributed by atoms with E-state index in [1.54, 1.807) is 13.3 Å². The zero-order chi connectivity index (χ0) is 16.8. The normalized spacial score (nSPS) is 11.3. The van der Waals surface area contributed by atoms with Crippen molar-refractivity contribution in [2.45, 2.75) is 13.8 Å². The van der Waals surface area contributed by atoms with Gasteiger partial charge in [0.05, 0.1) is 30.0 Å². The number of oxazole rings is 1. The molecule has 6 heteroatoms. The summed E-state index contributed by atoms with van der Waals surface area (Å²) in [5.41, 5.74) is 5.70. The van der Waals surface area contributed by atoms with Gasteiger partial charge in [-0.25, -0.2) is 9.97 Å². The highest BCUT2D eigenvalue weighted by atomic mass is 79.9. The number of hydrogen-bond donors (Lipinski definition) is 0. The van der Waals surface area contributed by atoms with Gasteiger partial charge in [0.25, 0.3) is 0 Å². The molecule has 0 aliphatic heterocycles. The highest BCUT2D eigenvalue weighted by Crippen LogP contribution is 2.37. The summed E-state index contributed by atoms with van der Waals surface area (Å²) in [7, 11) is 1.65. The lowest BCUT2D eigenvalue weighted by atomic mass is 10.1. The molecule has 0 amide bonds. The molecule has 5 nitrogen and oxygen atoms in total. The van der Waals surface area contributed by atoms with E-state index in [0.717, 1.165) is 49.2 Å². The molecule has 2 aromatic carbocycles. The van der Waals surface area contributed by atoms with Crippen molar-refractivity contribution in [2.75, 3.05) is 7.11 Å². The number of nitrogens with zero attached hydrogens (tertiary/aromatic N) is 3. The zero-order valence-corrected chi connectivity index (χ0v) is 15.0. The highest BCUT2D eigenvalue weighted by molar-refractivity contribution is 9.10. The molecule has 0 radical (unpaired) electrons. The van der Waals surface area contributed by atoms with Crippen LogP contribution in [0.4, 0.5) is 0 Å². The van der Waals surface area contributed by atoms with Crippen molar-refractivity contribution in [1.82, 2.24) is 15.0 Å². The number of methoxy groups -OCH3 is 1. The fraction of sp³-hybridized carbons (Fsp3) is 0.167. The third-order valence-electron chi connectivity index (χ3n) is 3.96. The van der Waals surface area contributed by atoms with E-state index in [1.165, 1.54) is 0 Å². The predicted molar refractivity (Wildman–Crippen MR) is 96.3 cm³/mol. The van der Waals surface area contributed by atoms with Gasteiger partial charge in [0, 0.05) is 22.5 Å². The van der Waals surface area contributed by atoms with Crippen LogP contribution in [0.2, 0.25) is 0 Å². The number of fused-ring (bicyclic) bond motifs is 2. The van der Waals surface area contributed by atoms with Crippen LogP contribution in [0.15, 0.2) is 39.4 Å². The summed E-state index contributed by atoms with van der Waals surface area (Å²) in [5, 5.41) is 0. The smallest absolute Gasteiger partial charge is 0.192 e. The molecular formula is C18H14BrN3O2. The fourth-order valence-electron chi connectivity index (χ4n) is 2.88. The molecule has 0 aliphatic carbocycles. The largest absolute Gasteiger partial charge is 0.496 e. The molecule has 120 valence electrons. The Morgan fingerprint density at radius 1 is 1.08 bits per heavy atom. The Bertz CT molecular complexity index is 1090. The van der Waals surface area contributed by atoms with Gasteiger partial charge in [-0.2, -0.15) is 0 Å². The van der Waals surface area contributed by atoms with Crippen LogP contribution in [0.3, 0.4) is 0 Å². The second-order valence-electron chi connectivity index (χ2n) is 5.55. The Balaban J connectivity index is 1.99. The minimum Gasteiger partial charge on any atom is -0.496 e. The van der Waals surface area contributed by atoms with Crippen LogP contribution >= 0.6 is 15.9 Å². The number of aromatic nitrogens is 3. The van der Waals surface area contributed by atoms with Gasteiger partial charge in [0.15, 0.2) is 11.5 Å². The zero-order valence-electron chi connectivity index (χ0n) is 13.4. The Kier molecular flexibility index (Phi) is 3.49.